The van der Waals surface area contributed by atoms with Gasteiger partial charge in [0.15, 0.2) is 0 Å². The van der Waals surface area contributed by atoms with E-state index in [0.717, 1.165) is 18.5 Å². The van der Waals surface area contributed by atoms with Gasteiger partial charge >= 0.3 is 0 Å². The summed E-state index contributed by atoms with van der Waals surface area (Å²) in [5.74, 6) is 0.607. The zero-order chi connectivity index (χ0) is 14.9. The highest BCUT2D eigenvalue weighted by Crippen LogP contribution is 2.32. The molecule has 1 atom stereocenters. The molecule has 2 heterocycles. The van der Waals surface area contributed by atoms with Gasteiger partial charge in [0.1, 0.15) is 0 Å². The Balaban J connectivity index is 1.79. The molecule has 1 aromatic heterocycles. The summed E-state index contributed by atoms with van der Waals surface area (Å²) in [6.07, 6.45) is 7.96. The van der Waals surface area contributed by atoms with E-state index in [4.69, 9.17) is 0 Å². The SMILES string of the molecule is CC(C)C1(Cc2ccc(-n3ccnc3)cc2)CCC(=O)N1. The smallest absolute Gasteiger partial charge is 0.220 e. The average molecular weight is 283 g/mol. The molecule has 0 spiro atoms. The Bertz CT molecular complexity index is 616. The van der Waals surface area contributed by atoms with Gasteiger partial charge in [-0.15, -0.1) is 0 Å². The van der Waals surface area contributed by atoms with Crippen LogP contribution in [0.4, 0.5) is 0 Å². The van der Waals surface area contributed by atoms with Gasteiger partial charge in [0, 0.05) is 30.0 Å². The van der Waals surface area contributed by atoms with E-state index in [1.165, 1.54) is 5.56 Å². The summed E-state index contributed by atoms with van der Waals surface area (Å²) in [5.41, 5.74) is 2.27. The number of amides is 1. The van der Waals surface area contributed by atoms with Crippen molar-refractivity contribution in [3.63, 3.8) is 0 Å². The number of hydrogen-bond donors (Lipinski definition) is 1. The van der Waals surface area contributed by atoms with Crippen LogP contribution < -0.4 is 5.32 Å². The molecule has 0 saturated carbocycles. The van der Waals surface area contributed by atoms with Gasteiger partial charge in [-0.1, -0.05) is 26.0 Å². The van der Waals surface area contributed by atoms with E-state index in [1.54, 1.807) is 12.5 Å². The Morgan fingerprint density at radius 2 is 2.10 bits per heavy atom. The largest absolute Gasteiger partial charge is 0.350 e. The van der Waals surface area contributed by atoms with Crippen molar-refractivity contribution >= 4 is 5.91 Å². The molecule has 1 N–H and O–H groups in total. The second-order valence-electron chi connectivity index (χ2n) is 6.17. The Hall–Kier alpha value is -2.10. The maximum absolute atomic E-state index is 11.6. The molecule has 1 aliphatic rings. The number of aromatic nitrogens is 2. The molecule has 110 valence electrons. The van der Waals surface area contributed by atoms with Crippen molar-refractivity contribution in [1.82, 2.24) is 14.9 Å². The third kappa shape index (κ3) is 2.71. The van der Waals surface area contributed by atoms with Crippen LogP contribution in [0.25, 0.3) is 5.69 Å². The minimum Gasteiger partial charge on any atom is -0.350 e. The second-order valence-corrected chi connectivity index (χ2v) is 6.17. The summed E-state index contributed by atoms with van der Waals surface area (Å²) in [7, 11) is 0. The van der Waals surface area contributed by atoms with Crippen LogP contribution in [-0.2, 0) is 11.2 Å². The first kappa shape index (κ1) is 13.9. The van der Waals surface area contributed by atoms with Gasteiger partial charge in [0.25, 0.3) is 0 Å². The summed E-state index contributed by atoms with van der Waals surface area (Å²) < 4.78 is 1.99. The molecule has 1 aliphatic heterocycles. The number of carbonyl (C=O) groups excluding carboxylic acids is 1. The van der Waals surface area contributed by atoms with Gasteiger partial charge < -0.3 is 9.88 Å². The Labute approximate surface area is 125 Å². The highest BCUT2D eigenvalue weighted by Gasteiger charge is 2.40. The first-order chi connectivity index (χ1) is 10.1. The third-order valence-corrected chi connectivity index (χ3v) is 4.55. The molecule has 1 saturated heterocycles. The topological polar surface area (TPSA) is 46.9 Å². The van der Waals surface area contributed by atoms with Crippen molar-refractivity contribution in [2.75, 3.05) is 0 Å². The van der Waals surface area contributed by atoms with Crippen LogP contribution in [0.15, 0.2) is 43.0 Å². The summed E-state index contributed by atoms with van der Waals surface area (Å²) in [4.78, 5) is 15.7. The van der Waals surface area contributed by atoms with E-state index < -0.39 is 0 Å². The Morgan fingerprint density at radius 3 is 2.62 bits per heavy atom. The van der Waals surface area contributed by atoms with Crippen molar-refractivity contribution in [1.29, 1.82) is 0 Å². The summed E-state index contributed by atoms with van der Waals surface area (Å²) in [5, 5.41) is 3.20. The lowest BCUT2D eigenvalue weighted by atomic mass is 9.80. The maximum Gasteiger partial charge on any atom is 0.220 e. The van der Waals surface area contributed by atoms with Gasteiger partial charge in [0.2, 0.25) is 5.91 Å². The molecule has 4 heteroatoms. The standard InChI is InChI=1S/C17H21N3O/c1-13(2)17(8-7-16(21)19-17)11-14-3-5-15(6-4-14)20-10-9-18-12-20/h3-6,9-10,12-13H,7-8,11H2,1-2H3,(H,19,21). The molecule has 1 aromatic carbocycles. The van der Waals surface area contributed by atoms with Crippen molar-refractivity contribution in [3.8, 4) is 5.69 Å². The highest BCUT2D eigenvalue weighted by molar-refractivity contribution is 5.79. The molecule has 0 aliphatic carbocycles. The van der Waals surface area contributed by atoms with Crippen LogP contribution in [0.3, 0.4) is 0 Å². The molecule has 3 rings (SSSR count). The van der Waals surface area contributed by atoms with Gasteiger partial charge in [-0.05, 0) is 36.5 Å². The van der Waals surface area contributed by atoms with E-state index in [-0.39, 0.29) is 11.4 Å². The lowest BCUT2D eigenvalue weighted by molar-refractivity contribution is -0.120. The monoisotopic (exact) mass is 283 g/mol. The average Bonchev–Trinajstić information content (AvgIpc) is 3.10. The lowest BCUT2D eigenvalue weighted by Gasteiger charge is -2.33. The zero-order valence-corrected chi connectivity index (χ0v) is 12.5. The number of imidazole rings is 1. The number of nitrogens with one attached hydrogen (secondary N) is 1. The highest BCUT2D eigenvalue weighted by atomic mass is 16.2. The van der Waals surface area contributed by atoms with Crippen LogP contribution in [0.1, 0.15) is 32.3 Å². The number of hydrogen-bond acceptors (Lipinski definition) is 2. The fraction of sp³-hybridized carbons (Fsp3) is 0.412. The number of carbonyl (C=O) groups is 1. The summed E-state index contributed by atoms with van der Waals surface area (Å²) in [6.45, 7) is 4.37. The molecule has 1 unspecified atom stereocenters. The van der Waals surface area contributed by atoms with Gasteiger partial charge in [-0.3, -0.25) is 4.79 Å². The molecule has 4 nitrogen and oxygen atoms in total. The number of rotatable bonds is 4. The van der Waals surface area contributed by atoms with Crippen molar-refractivity contribution in [3.05, 3.63) is 48.5 Å². The van der Waals surface area contributed by atoms with Crippen LogP contribution in [0.5, 0.6) is 0 Å². The first-order valence-corrected chi connectivity index (χ1v) is 7.47. The fourth-order valence-corrected chi connectivity index (χ4v) is 3.07. The number of nitrogens with zero attached hydrogens (tertiary/aromatic N) is 2. The van der Waals surface area contributed by atoms with Gasteiger partial charge in [-0.25, -0.2) is 4.98 Å². The molecule has 2 aromatic rings. The summed E-state index contributed by atoms with van der Waals surface area (Å²) in [6, 6.07) is 8.48. The first-order valence-electron chi connectivity index (χ1n) is 7.47. The lowest BCUT2D eigenvalue weighted by Crippen LogP contribution is -2.48. The maximum atomic E-state index is 11.6. The minimum absolute atomic E-state index is 0.0897. The normalized spacial score (nSPS) is 21.8. The van der Waals surface area contributed by atoms with Crippen LogP contribution >= 0.6 is 0 Å². The van der Waals surface area contributed by atoms with E-state index in [9.17, 15) is 4.79 Å². The van der Waals surface area contributed by atoms with Crippen molar-refractivity contribution in [2.24, 2.45) is 5.92 Å². The Kier molecular flexibility index (Phi) is 3.53. The Morgan fingerprint density at radius 1 is 1.33 bits per heavy atom. The van der Waals surface area contributed by atoms with E-state index in [0.29, 0.717) is 12.3 Å². The zero-order valence-electron chi connectivity index (χ0n) is 12.5. The third-order valence-electron chi connectivity index (χ3n) is 4.55. The predicted molar refractivity (Wildman–Crippen MR) is 82.2 cm³/mol. The molecule has 21 heavy (non-hydrogen) atoms. The molecular weight excluding hydrogens is 262 g/mol. The van der Waals surface area contributed by atoms with Crippen molar-refractivity contribution < 1.29 is 4.79 Å². The van der Waals surface area contributed by atoms with Crippen molar-refractivity contribution in [2.45, 2.75) is 38.6 Å². The number of benzene rings is 1. The van der Waals surface area contributed by atoms with E-state index >= 15 is 0 Å². The van der Waals surface area contributed by atoms with Crippen LogP contribution in [0, 0.1) is 5.92 Å². The molecule has 1 amide bonds. The van der Waals surface area contributed by atoms with Gasteiger partial charge in [0.05, 0.1) is 6.33 Å². The minimum atomic E-state index is -0.0897. The fourth-order valence-electron chi connectivity index (χ4n) is 3.07. The summed E-state index contributed by atoms with van der Waals surface area (Å²) >= 11 is 0. The van der Waals surface area contributed by atoms with E-state index in [1.807, 2.05) is 10.8 Å². The van der Waals surface area contributed by atoms with Gasteiger partial charge in [-0.2, -0.15) is 0 Å². The molecule has 1 fully saturated rings. The molecule has 0 radical (unpaired) electrons. The second kappa shape index (κ2) is 5.35. The molecular formula is C17H21N3O. The van der Waals surface area contributed by atoms with E-state index in [2.05, 4.69) is 48.4 Å². The van der Waals surface area contributed by atoms with Crippen LogP contribution in [-0.4, -0.2) is 21.0 Å². The quantitative estimate of drug-likeness (QED) is 0.938. The molecule has 0 bridgehead atoms. The van der Waals surface area contributed by atoms with Crippen LogP contribution in [0.2, 0.25) is 0 Å². The predicted octanol–water partition coefficient (Wildman–Crippen LogP) is 2.72.